The third-order valence-electron chi connectivity index (χ3n) is 8.15. The first-order valence-electron chi connectivity index (χ1n) is 14.5. The fourth-order valence-corrected chi connectivity index (χ4v) is 5.58. The lowest BCUT2D eigenvalue weighted by molar-refractivity contribution is -0.138. The second-order valence-corrected chi connectivity index (χ2v) is 11.1. The van der Waals surface area contributed by atoms with E-state index in [1.165, 1.54) is 19.1 Å². The van der Waals surface area contributed by atoms with Gasteiger partial charge in [-0.3, -0.25) is 14.5 Å². The average molecular weight is 596 g/mol. The molecule has 1 N–H and O–H groups in total. The number of imide groups is 1. The van der Waals surface area contributed by atoms with Crippen LogP contribution in [0.15, 0.2) is 47.5 Å². The van der Waals surface area contributed by atoms with Gasteiger partial charge in [0, 0.05) is 43.0 Å². The number of benzene rings is 2. The van der Waals surface area contributed by atoms with Crippen molar-refractivity contribution in [2.45, 2.75) is 59.1 Å². The number of unbranched alkanes of at least 4 members (excludes halogenated alkanes) is 3. The highest BCUT2D eigenvalue weighted by Gasteiger charge is 2.39. The summed E-state index contributed by atoms with van der Waals surface area (Å²) in [6.45, 7) is 9.28. The molecule has 0 radical (unpaired) electrons. The summed E-state index contributed by atoms with van der Waals surface area (Å²) < 4.78 is 40.2. The predicted molar refractivity (Wildman–Crippen MR) is 157 cm³/mol. The SMILES string of the molecule is CC1=C(CCCCCCN2CCN(C(=O)Nc3c(C)cccc3C)CC2)C(=O)N(c2ccc(C#N)c(C(F)(F)F)c2)C1=O. The molecule has 2 aromatic rings. The molecule has 2 aliphatic rings. The molecule has 43 heavy (non-hydrogen) atoms. The second-order valence-electron chi connectivity index (χ2n) is 11.1. The molecule has 8 nitrogen and oxygen atoms in total. The summed E-state index contributed by atoms with van der Waals surface area (Å²) in [6, 6.07) is 10.2. The second kappa shape index (κ2) is 13.4. The first kappa shape index (κ1) is 31.8. The quantitative estimate of drug-likeness (QED) is 0.276. The summed E-state index contributed by atoms with van der Waals surface area (Å²) in [5.41, 5.74) is 1.54. The molecule has 2 aromatic carbocycles. The van der Waals surface area contributed by atoms with Crippen molar-refractivity contribution in [3.8, 4) is 6.07 Å². The van der Waals surface area contributed by atoms with Gasteiger partial charge in [0.1, 0.15) is 0 Å². The number of nitrogens with one attached hydrogen (secondary N) is 1. The van der Waals surface area contributed by atoms with E-state index in [0.717, 1.165) is 66.7 Å². The molecular formula is C32H36F3N5O3. The highest BCUT2D eigenvalue weighted by atomic mass is 19.4. The minimum atomic E-state index is -4.79. The number of carbonyl (C=O) groups excluding carboxylic acids is 3. The molecule has 0 aliphatic carbocycles. The maximum atomic E-state index is 13.4. The number of aryl methyl sites for hydroxylation is 2. The van der Waals surface area contributed by atoms with Gasteiger partial charge in [-0.1, -0.05) is 31.0 Å². The van der Waals surface area contributed by atoms with Crippen LogP contribution < -0.4 is 10.2 Å². The van der Waals surface area contributed by atoms with E-state index in [1.54, 1.807) is 0 Å². The van der Waals surface area contributed by atoms with Crippen LogP contribution in [0.1, 0.15) is 61.3 Å². The molecule has 0 spiro atoms. The number of amides is 4. The Morgan fingerprint density at radius 2 is 1.58 bits per heavy atom. The van der Waals surface area contributed by atoms with Crippen LogP contribution in [0.4, 0.5) is 29.3 Å². The number of halogens is 3. The first-order valence-corrected chi connectivity index (χ1v) is 14.5. The van der Waals surface area contributed by atoms with Crippen LogP contribution in [0.25, 0.3) is 0 Å². The Hall–Kier alpha value is -4.17. The topological polar surface area (TPSA) is 96.8 Å². The van der Waals surface area contributed by atoms with Crippen LogP contribution >= 0.6 is 0 Å². The smallest absolute Gasteiger partial charge is 0.322 e. The summed E-state index contributed by atoms with van der Waals surface area (Å²) in [7, 11) is 0. The monoisotopic (exact) mass is 595 g/mol. The van der Waals surface area contributed by atoms with Crippen molar-refractivity contribution in [3.63, 3.8) is 0 Å². The zero-order valence-corrected chi connectivity index (χ0v) is 24.7. The Balaban J connectivity index is 1.19. The normalized spacial score (nSPS) is 16.2. The maximum absolute atomic E-state index is 13.4. The van der Waals surface area contributed by atoms with Crippen molar-refractivity contribution in [2.75, 3.05) is 42.9 Å². The lowest BCUT2D eigenvalue weighted by Crippen LogP contribution is -2.50. The van der Waals surface area contributed by atoms with Crippen LogP contribution in [0.3, 0.4) is 0 Å². The standard InChI is InChI=1S/C32H36F3N5O3/c1-21-9-8-10-22(2)28(21)37-31(43)39-17-15-38(16-18-39)14-7-5-4-6-11-26-23(3)29(41)40(30(26)42)25-13-12-24(20-36)27(19-25)32(33,34)35/h8-10,12-13,19H,4-7,11,14-18H2,1-3H3,(H,37,43). The van der Waals surface area contributed by atoms with Crippen LogP contribution in [0.2, 0.25) is 0 Å². The van der Waals surface area contributed by atoms with Crippen LogP contribution in [0, 0.1) is 25.2 Å². The lowest BCUT2D eigenvalue weighted by Gasteiger charge is -2.35. The van der Waals surface area contributed by atoms with Gasteiger partial charge in [0.25, 0.3) is 11.8 Å². The number of carbonyl (C=O) groups is 3. The van der Waals surface area contributed by atoms with E-state index in [-0.39, 0.29) is 17.3 Å². The van der Waals surface area contributed by atoms with Crippen LogP contribution in [-0.2, 0) is 15.8 Å². The Kier molecular flexibility index (Phi) is 9.91. The summed E-state index contributed by atoms with van der Waals surface area (Å²) in [4.78, 5) is 43.5. The van der Waals surface area contributed by atoms with E-state index in [0.29, 0.717) is 37.6 Å². The zero-order valence-electron chi connectivity index (χ0n) is 24.7. The molecule has 4 amide bonds. The third kappa shape index (κ3) is 7.25. The van der Waals surface area contributed by atoms with Gasteiger partial charge in [-0.2, -0.15) is 18.4 Å². The molecular weight excluding hydrogens is 559 g/mol. The Morgan fingerprint density at radius 3 is 2.21 bits per heavy atom. The van der Waals surface area contributed by atoms with Gasteiger partial charge in [-0.25, -0.2) is 9.69 Å². The molecule has 1 fully saturated rings. The van der Waals surface area contributed by atoms with Crippen molar-refractivity contribution in [2.24, 2.45) is 0 Å². The number of rotatable bonds is 9. The molecule has 4 rings (SSSR count). The number of anilines is 2. The summed E-state index contributed by atoms with van der Waals surface area (Å²) in [6.07, 6.45) is -1.03. The van der Waals surface area contributed by atoms with Crippen molar-refractivity contribution < 1.29 is 27.6 Å². The number of nitrogens with zero attached hydrogens (tertiary/aromatic N) is 4. The lowest BCUT2D eigenvalue weighted by atomic mass is 10.0. The van der Waals surface area contributed by atoms with Crippen LogP contribution in [-0.4, -0.2) is 60.4 Å². The van der Waals surface area contributed by atoms with E-state index in [2.05, 4.69) is 10.2 Å². The van der Waals surface area contributed by atoms with Gasteiger partial charge in [0.05, 0.1) is 22.9 Å². The first-order chi connectivity index (χ1) is 20.4. The molecule has 0 bridgehead atoms. The summed E-state index contributed by atoms with van der Waals surface area (Å²) in [5, 5.41) is 12.1. The molecule has 0 aromatic heterocycles. The fraction of sp³-hybridized carbons (Fsp3) is 0.438. The largest absolute Gasteiger partial charge is 0.417 e. The number of hydrogen-bond donors (Lipinski definition) is 1. The van der Waals surface area contributed by atoms with E-state index >= 15 is 0 Å². The number of hydrogen-bond acceptors (Lipinski definition) is 5. The van der Waals surface area contributed by atoms with Gasteiger partial charge >= 0.3 is 12.2 Å². The number of piperazine rings is 1. The van der Waals surface area contributed by atoms with E-state index in [9.17, 15) is 27.6 Å². The molecule has 0 atom stereocenters. The molecule has 0 unspecified atom stereocenters. The molecule has 1 saturated heterocycles. The highest BCUT2D eigenvalue weighted by Crippen LogP contribution is 2.37. The Bertz CT molecular complexity index is 1450. The van der Waals surface area contributed by atoms with E-state index < -0.39 is 29.1 Å². The number of nitriles is 1. The van der Waals surface area contributed by atoms with Gasteiger partial charge < -0.3 is 10.2 Å². The average Bonchev–Trinajstić information content (AvgIpc) is 3.18. The minimum absolute atomic E-state index is 0.0832. The molecule has 2 aliphatic heterocycles. The van der Waals surface area contributed by atoms with Gasteiger partial charge in [0.2, 0.25) is 0 Å². The number of urea groups is 1. The molecule has 11 heteroatoms. The Morgan fingerprint density at radius 1 is 0.930 bits per heavy atom. The fourth-order valence-electron chi connectivity index (χ4n) is 5.58. The highest BCUT2D eigenvalue weighted by molar-refractivity contribution is 6.32. The molecule has 2 heterocycles. The summed E-state index contributed by atoms with van der Waals surface area (Å²) >= 11 is 0. The van der Waals surface area contributed by atoms with Gasteiger partial charge in [-0.15, -0.1) is 0 Å². The van der Waals surface area contributed by atoms with Crippen molar-refractivity contribution in [1.82, 2.24) is 9.80 Å². The Labute approximate surface area is 249 Å². The van der Waals surface area contributed by atoms with Crippen LogP contribution in [0.5, 0.6) is 0 Å². The number of para-hydroxylation sites is 1. The molecule has 0 saturated carbocycles. The predicted octanol–water partition coefficient (Wildman–Crippen LogP) is 6.18. The van der Waals surface area contributed by atoms with Crippen molar-refractivity contribution in [3.05, 3.63) is 69.8 Å². The summed E-state index contributed by atoms with van der Waals surface area (Å²) in [5.74, 6) is -1.25. The van der Waals surface area contributed by atoms with Crippen molar-refractivity contribution in [1.29, 1.82) is 5.26 Å². The van der Waals surface area contributed by atoms with Crippen molar-refractivity contribution >= 4 is 29.2 Å². The third-order valence-corrected chi connectivity index (χ3v) is 8.15. The maximum Gasteiger partial charge on any atom is 0.417 e. The van der Waals surface area contributed by atoms with Gasteiger partial charge in [-0.05, 0) is 75.9 Å². The molecule has 228 valence electrons. The number of alkyl halides is 3. The van der Waals surface area contributed by atoms with E-state index in [1.807, 2.05) is 36.9 Å². The minimum Gasteiger partial charge on any atom is -0.322 e. The zero-order chi connectivity index (χ0) is 31.3. The van der Waals surface area contributed by atoms with E-state index in [4.69, 9.17) is 5.26 Å². The van der Waals surface area contributed by atoms with Gasteiger partial charge in [0.15, 0.2) is 0 Å².